The van der Waals surface area contributed by atoms with Crippen molar-refractivity contribution in [3.63, 3.8) is 0 Å². The number of hydrogen-bond donors (Lipinski definition) is 2. The summed E-state index contributed by atoms with van der Waals surface area (Å²) in [5, 5.41) is 21.5. The van der Waals surface area contributed by atoms with Crippen molar-refractivity contribution >= 4 is 33.6 Å². The van der Waals surface area contributed by atoms with Crippen molar-refractivity contribution in [2.24, 2.45) is 5.41 Å². The van der Waals surface area contributed by atoms with E-state index in [2.05, 4.69) is 59.0 Å². The van der Waals surface area contributed by atoms with E-state index < -0.39 is 10.0 Å². The minimum absolute atomic E-state index is 0.114. The van der Waals surface area contributed by atoms with Crippen LogP contribution in [-0.2, 0) is 14.8 Å². The maximum absolute atomic E-state index is 12.6. The van der Waals surface area contributed by atoms with Crippen LogP contribution in [0.3, 0.4) is 0 Å². The monoisotopic (exact) mass is 684 g/mol. The minimum Gasteiger partial charge on any atom is -0.396 e. The van der Waals surface area contributed by atoms with Crippen molar-refractivity contribution in [3.05, 3.63) is 60.4 Å². The summed E-state index contributed by atoms with van der Waals surface area (Å²) in [6.45, 7) is 6.02. The third-order valence-electron chi connectivity index (χ3n) is 9.72. The number of aldehydes is 1. The highest BCUT2D eigenvalue weighted by Gasteiger charge is 2.38. The lowest BCUT2D eigenvalue weighted by molar-refractivity contribution is -0.109. The van der Waals surface area contributed by atoms with Crippen LogP contribution in [0.1, 0.15) is 62.6 Å². The topological polar surface area (TPSA) is 164 Å². The first-order chi connectivity index (χ1) is 23.7. The molecular weight excluding hydrogens is 645 g/mol. The number of anilines is 3. The number of nitrogens with one attached hydrogen (secondary N) is 1. The number of piperidine rings is 2. The summed E-state index contributed by atoms with van der Waals surface area (Å²) in [6.07, 6.45) is 15.9. The van der Waals surface area contributed by atoms with Gasteiger partial charge in [0.1, 0.15) is 17.9 Å². The van der Waals surface area contributed by atoms with Crippen LogP contribution in [0.4, 0.5) is 17.3 Å². The molecule has 0 bridgehead atoms. The van der Waals surface area contributed by atoms with E-state index in [-0.39, 0.29) is 23.3 Å². The SMILES string of the molecule is CC1(CO)CCN(c2cc(Nc3ccnc(-c4cnn(S(=O)(=O)C5CC5)c4)n3)ncc2C#Cc2cnn(C3CCN(CC=O)CC3)c2)CC1. The lowest BCUT2D eigenvalue weighted by Gasteiger charge is -2.39. The molecule has 0 atom stereocenters. The molecule has 0 radical (unpaired) electrons. The maximum Gasteiger partial charge on any atom is 0.256 e. The quantitative estimate of drug-likeness (QED) is 0.186. The molecule has 3 aliphatic rings. The van der Waals surface area contributed by atoms with E-state index in [0.717, 1.165) is 79.0 Å². The summed E-state index contributed by atoms with van der Waals surface area (Å²) in [6, 6.07) is 3.97. The molecule has 15 heteroatoms. The third-order valence-corrected chi connectivity index (χ3v) is 11.8. The van der Waals surface area contributed by atoms with Gasteiger partial charge in [0.25, 0.3) is 10.0 Å². The van der Waals surface area contributed by atoms with Gasteiger partial charge in [0.05, 0.1) is 58.8 Å². The van der Waals surface area contributed by atoms with Crippen LogP contribution in [0, 0.1) is 17.3 Å². The first kappa shape index (κ1) is 32.9. The Morgan fingerprint density at radius 1 is 1.00 bits per heavy atom. The summed E-state index contributed by atoms with van der Waals surface area (Å²) in [4.78, 5) is 28.9. The normalized spacial score (nSPS) is 18.5. The van der Waals surface area contributed by atoms with E-state index in [0.29, 0.717) is 42.4 Å². The molecule has 256 valence electrons. The first-order valence-electron chi connectivity index (χ1n) is 16.7. The lowest BCUT2D eigenvalue weighted by Crippen LogP contribution is -2.40. The molecule has 4 aromatic heterocycles. The second-order valence-electron chi connectivity index (χ2n) is 13.4. The fourth-order valence-corrected chi connectivity index (χ4v) is 7.78. The van der Waals surface area contributed by atoms with Crippen molar-refractivity contribution in [2.45, 2.75) is 56.7 Å². The second-order valence-corrected chi connectivity index (χ2v) is 15.5. The Balaban J connectivity index is 1.11. The molecule has 0 amide bonds. The van der Waals surface area contributed by atoms with E-state index in [1.54, 1.807) is 24.7 Å². The Hall–Kier alpha value is -4.65. The first-order valence-corrected chi connectivity index (χ1v) is 18.2. The van der Waals surface area contributed by atoms with Crippen LogP contribution in [0.2, 0.25) is 0 Å². The van der Waals surface area contributed by atoms with Gasteiger partial charge >= 0.3 is 0 Å². The molecule has 6 heterocycles. The molecule has 7 rings (SSSR count). The minimum atomic E-state index is -3.49. The lowest BCUT2D eigenvalue weighted by atomic mass is 9.81. The van der Waals surface area contributed by atoms with Gasteiger partial charge < -0.3 is 20.1 Å². The number of aromatic nitrogens is 7. The molecule has 4 aromatic rings. The molecule has 2 aliphatic heterocycles. The van der Waals surface area contributed by atoms with Crippen molar-refractivity contribution in [1.82, 2.24) is 38.8 Å². The average Bonchev–Trinajstić information content (AvgIpc) is 3.67. The number of aliphatic hydroxyl groups is 1. The summed E-state index contributed by atoms with van der Waals surface area (Å²) >= 11 is 0. The fourth-order valence-electron chi connectivity index (χ4n) is 6.31. The summed E-state index contributed by atoms with van der Waals surface area (Å²) in [7, 11) is -3.49. The van der Waals surface area contributed by atoms with Crippen molar-refractivity contribution < 1.29 is 18.3 Å². The Morgan fingerprint density at radius 2 is 1.80 bits per heavy atom. The predicted octanol–water partition coefficient (Wildman–Crippen LogP) is 2.85. The Kier molecular flexibility index (Phi) is 9.19. The second kappa shape index (κ2) is 13.7. The van der Waals surface area contributed by atoms with Crippen molar-refractivity contribution in [1.29, 1.82) is 0 Å². The summed E-state index contributed by atoms with van der Waals surface area (Å²) < 4.78 is 28.2. The number of likely N-dealkylation sites (tertiary alicyclic amines) is 1. The maximum atomic E-state index is 12.6. The van der Waals surface area contributed by atoms with E-state index in [9.17, 15) is 18.3 Å². The molecule has 14 nitrogen and oxygen atoms in total. The van der Waals surface area contributed by atoms with Gasteiger partial charge in [-0.25, -0.2) is 23.4 Å². The number of aliphatic hydroxyl groups excluding tert-OH is 1. The Bertz CT molecular complexity index is 1980. The van der Waals surface area contributed by atoms with E-state index >= 15 is 0 Å². The molecule has 0 spiro atoms. The Morgan fingerprint density at radius 3 is 2.53 bits per heavy atom. The Labute approximate surface area is 285 Å². The third kappa shape index (κ3) is 7.36. The van der Waals surface area contributed by atoms with Crippen LogP contribution in [0.5, 0.6) is 0 Å². The van der Waals surface area contributed by atoms with Gasteiger partial charge in [-0.05, 0) is 50.0 Å². The predicted molar refractivity (Wildman–Crippen MR) is 184 cm³/mol. The van der Waals surface area contributed by atoms with Crippen LogP contribution in [-0.4, -0.2) is 103 Å². The fraction of sp³-hybridized carbons (Fsp3) is 0.471. The molecule has 3 fully saturated rings. The molecule has 1 aliphatic carbocycles. The standard InChI is InChI=1S/C34H40N10O4S/c1-34(24-46)9-14-42(15-10-34)30-18-32(39-31-6-11-35-33(40-31)27-21-38-44(23-27)49(47,48)29-4-5-29)36-20-26(30)3-2-25-19-37-43(22-25)28-7-12-41(13-8-28)16-17-45/h6,11,17-23,28-29,46H,4-5,7-10,12-16,24H2,1H3,(H,35,36,39,40). The number of hydrogen-bond acceptors (Lipinski definition) is 12. The number of pyridine rings is 1. The molecule has 2 saturated heterocycles. The highest BCUT2D eigenvalue weighted by molar-refractivity contribution is 7.90. The molecule has 0 unspecified atom stereocenters. The zero-order chi connectivity index (χ0) is 34.0. The largest absolute Gasteiger partial charge is 0.396 e. The van der Waals surface area contributed by atoms with Gasteiger partial charge in [-0.15, -0.1) is 0 Å². The van der Waals surface area contributed by atoms with Gasteiger partial charge in [0.2, 0.25) is 0 Å². The molecule has 1 saturated carbocycles. The van der Waals surface area contributed by atoms with E-state index in [4.69, 9.17) is 0 Å². The van der Waals surface area contributed by atoms with Gasteiger partial charge in [-0.3, -0.25) is 9.58 Å². The van der Waals surface area contributed by atoms with Gasteiger partial charge in [0.15, 0.2) is 5.82 Å². The molecule has 2 N–H and O–H groups in total. The average molecular weight is 685 g/mol. The molecular formula is C34H40N10O4S. The van der Waals surface area contributed by atoms with Crippen LogP contribution < -0.4 is 10.2 Å². The highest BCUT2D eigenvalue weighted by Crippen LogP contribution is 2.35. The van der Waals surface area contributed by atoms with Crippen molar-refractivity contribution in [2.75, 3.05) is 49.5 Å². The number of rotatable bonds is 10. The number of carbonyl (C=O) groups is 1. The highest BCUT2D eigenvalue weighted by atomic mass is 32.2. The molecule has 49 heavy (non-hydrogen) atoms. The van der Waals surface area contributed by atoms with Gasteiger partial charge in [-0.2, -0.15) is 14.3 Å². The van der Waals surface area contributed by atoms with E-state index in [1.807, 2.05) is 16.9 Å². The molecule has 0 aromatic carbocycles. The van der Waals surface area contributed by atoms with Gasteiger partial charge in [0, 0.05) is 57.4 Å². The zero-order valence-corrected chi connectivity index (χ0v) is 28.3. The smallest absolute Gasteiger partial charge is 0.256 e. The van der Waals surface area contributed by atoms with Crippen LogP contribution in [0.15, 0.2) is 49.3 Å². The number of carbonyl (C=O) groups excluding carboxylic acids is 1. The van der Waals surface area contributed by atoms with Gasteiger partial charge in [-0.1, -0.05) is 18.8 Å². The summed E-state index contributed by atoms with van der Waals surface area (Å²) in [5.41, 5.74) is 2.91. The number of nitrogens with zero attached hydrogens (tertiary/aromatic N) is 9. The van der Waals surface area contributed by atoms with Crippen LogP contribution >= 0.6 is 0 Å². The van der Waals surface area contributed by atoms with Crippen molar-refractivity contribution in [3.8, 4) is 23.2 Å². The zero-order valence-electron chi connectivity index (χ0n) is 27.4. The van der Waals surface area contributed by atoms with Crippen LogP contribution in [0.25, 0.3) is 11.4 Å². The summed E-state index contributed by atoms with van der Waals surface area (Å²) in [5.74, 6) is 8.03. The van der Waals surface area contributed by atoms with E-state index in [1.165, 1.54) is 12.4 Å².